The molecule has 17 heavy (non-hydrogen) atoms. The predicted molar refractivity (Wildman–Crippen MR) is 62.1 cm³/mol. The summed E-state index contributed by atoms with van der Waals surface area (Å²) in [4.78, 5) is 13.1. The molecular formula is C11H9BrN4O. The fraction of sp³-hybridized carbons (Fsp3) is 0.455. The maximum absolute atomic E-state index is 11.7. The molecule has 5 nitrogen and oxygen atoms in total. The Morgan fingerprint density at radius 1 is 1.41 bits per heavy atom. The van der Waals surface area contributed by atoms with Crippen LogP contribution in [-0.4, -0.2) is 22.7 Å². The van der Waals surface area contributed by atoms with Crippen LogP contribution in [0.5, 0.6) is 0 Å². The zero-order valence-corrected chi connectivity index (χ0v) is 10.6. The standard InChI is InChI=1S/C11H9BrN4O/c12-4-8-3-11(17)16(7-8)10(1-2-13)9(5-14)6-15/h8H,1,3-4,7H2. The van der Waals surface area contributed by atoms with Crippen molar-refractivity contribution in [2.75, 3.05) is 11.9 Å². The highest BCUT2D eigenvalue weighted by atomic mass is 79.9. The lowest BCUT2D eigenvalue weighted by Crippen LogP contribution is -2.25. The van der Waals surface area contributed by atoms with E-state index in [1.165, 1.54) is 4.90 Å². The zero-order valence-electron chi connectivity index (χ0n) is 8.98. The minimum Gasteiger partial charge on any atom is -0.313 e. The van der Waals surface area contributed by atoms with Gasteiger partial charge in [-0.25, -0.2) is 0 Å². The minimum absolute atomic E-state index is 0.100. The Balaban J connectivity index is 3.08. The molecule has 1 heterocycles. The van der Waals surface area contributed by atoms with Crippen LogP contribution < -0.4 is 0 Å². The fourth-order valence-electron chi connectivity index (χ4n) is 1.69. The molecule has 0 aromatic heterocycles. The van der Waals surface area contributed by atoms with Gasteiger partial charge in [0.1, 0.15) is 17.7 Å². The molecular weight excluding hydrogens is 284 g/mol. The highest BCUT2D eigenvalue weighted by Crippen LogP contribution is 2.26. The van der Waals surface area contributed by atoms with Gasteiger partial charge in [-0.1, -0.05) is 15.9 Å². The van der Waals surface area contributed by atoms with Crippen LogP contribution in [0, 0.1) is 39.9 Å². The Labute approximate surface area is 108 Å². The van der Waals surface area contributed by atoms with Gasteiger partial charge in [0.2, 0.25) is 5.91 Å². The normalized spacial score (nSPS) is 18.1. The van der Waals surface area contributed by atoms with E-state index in [4.69, 9.17) is 15.8 Å². The van der Waals surface area contributed by atoms with Gasteiger partial charge in [0.25, 0.3) is 0 Å². The number of carbonyl (C=O) groups excluding carboxylic acids is 1. The van der Waals surface area contributed by atoms with E-state index >= 15 is 0 Å². The Hall–Kier alpha value is -1.84. The summed E-state index contributed by atoms with van der Waals surface area (Å²) in [5.41, 5.74) is 0.0704. The molecule has 1 amide bonds. The average molecular weight is 293 g/mol. The van der Waals surface area contributed by atoms with Gasteiger partial charge >= 0.3 is 0 Å². The Bertz CT molecular complexity index is 461. The van der Waals surface area contributed by atoms with Gasteiger partial charge in [-0.15, -0.1) is 0 Å². The summed E-state index contributed by atoms with van der Waals surface area (Å²) >= 11 is 3.30. The molecule has 1 atom stereocenters. The number of likely N-dealkylation sites (tertiary alicyclic amines) is 1. The van der Waals surface area contributed by atoms with Crippen molar-refractivity contribution in [3.63, 3.8) is 0 Å². The summed E-state index contributed by atoms with van der Waals surface area (Å²) in [6, 6.07) is 5.34. The molecule has 0 aromatic rings. The number of alkyl halides is 1. The second kappa shape index (κ2) is 6.03. The average Bonchev–Trinajstić information content (AvgIpc) is 2.71. The van der Waals surface area contributed by atoms with Crippen LogP contribution in [-0.2, 0) is 4.79 Å². The minimum atomic E-state index is -0.157. The SMILES string of the molecule is N#CCC(=C(C#N)C#N)N1CC(CBr)CC1=O. The van der Waals surface area contributed by atoms with Gasteiger partial charge in [0.05, 0.1) is 18.2 Å². The molecule has 0 bridgehead atoms. The third-order valence-corrected chi connectivity index (χ3v) is 3.42. The lowest BCUT2D eigenvalue weighted by molar-refractivity contribution is -0.126. The van der Waals surface area contributed by atoms with Crippen molar-refractivity contribution in [1.82, 2.24) is 4.90 Å². The van der Waals surface area contributed by atoms with Crippen LogP contribution in [0.3, 0.4) is 0 Å². The van der Waals surface area contributed by atoms with E-state index in [1.54, 1.807) is 12.1 Å². The van der Waals surface area contributed by atoms with Crippen LogP contribution in [0.1, 0.15) is 12.8 Å². The number of halogens is 1. The number of nitrogens with zero attached hydrogens (tertiary/aromatic N) is 4. The molecule has 0 saturated carbocycles. The molecule has 1 unspecified atom stereocenters. The quantitative estimate of drug-likeness (QED) is 0.581. The molecule has 1 saturated heterocycles. The van der Waals surface area contributed by atoms with Crippen molar-refractivity contribution in [2.45, 2.75) is 12.8 Å². The second-order valence-electron chi connectivity index (χ2n) is 3.61. The van der Waals surface area contributed by atoms with Crippen LogP contribution in [0.15, 0.2) is 11.3 Å². The molecule has 0 aromatic carbocycles. The van der Waals surface area contributed by atoms with Crippen LogP contribution in [0.4, 0.5) is 0 Å². The molecule has 0 N–H and O–H groups in total. The van der Waals surface area contributed by atoms with Gasteiger partial charge in [-0.2, -0.15) is 15.8 Å². The topological polar surface area (TPSA) is 91.7 Å². The predicted octanol–water partition coefficient (Wildman–Crippen LogP) is 1.44. The molecule has 86 valence electrons. The smallest absolute Gasteiger partial charge is 0.227 e. The first-order valence-corrected chi connectivity index (χ1v) is 6.06. The highest BCUT2D eigenvalue weighted by Gasteiger charge is 2.32. The first-order chi connectivity index (χ1) is 8.17. The van der Waals surface area contributed by atoms with Gasteiger partial charge < -0.3 is 4.90 Å². The second-order valence-corrected chi connectivity index (χ2v) is 4.26. The lowest BCUT2D eigenvalue weighted by atomic mass is 10.1. The third kappa shape index (κ3) is 2.84. The van der Waals surface area contributed by atoms with E-state index in [1.807, 2.05) is 6.07 Å². The highest BCUT2D eigenvalue weighted by molar-refractivity contribution is 9.09. The monoisotopic (exact) mass is 292 g/mol. The van der Waals surface area contributed by atoms with Crippen LogP contribution >= 0.6 is 15.9 Å². The van der Waals surface area contributed by atoms with E-state index in [9.17, 15) is 4.79 Å². The van der Waals surface area contributed by atoms with Gasteiger partial charge in [-0.05, 0) is 5.92 Å². The number of hydrogen-bond acceptors (Lipinski definition) is 4. The number of carbonyl (C=O) groups is 1. The first kappa shape index (κ1) is 13.2. The third-order valence-electron chi connectivity index (χ3n) is 2.51. The zero-order chi connectivity index (χ0) is 12.8. The van der Waals surface area contributed by atoms with Crippen LogP contribution in [0.25, 0.3) is 0 Å². The Morgan fingerprint density at radius 3 is 2.47 bits per heavy atom. The van der Waals surface area contributed by atoms with E-state index in [0.29, 0.717) is 18.3 Å². The number of amides is 1. The molecule has 1 rings (SSSR count). The Kier molecular flexibility index (Phi) is 4.69. The maximum atomic E-state index is 11.7. The van der Waals surface area contributed by atoms with Crippen molar-refractivity contribution in [3.05, 3.63) is 11.3 Å². The molecule has 6 heteroatoms. The largest absolute Gasteiger partial charge is 0.313 e. The van der Waals surface area contributed by atoms with Crippen molar-refractivity contribution in [2.24, 2.45) is 5.92 Å². The molecule has 1 aliphatic rings. The molecule has 1 fully saturated rings. The summed E-state index contributed by atoms with van der Waals surface area (Å²) in [6.07, 6.45) is 0.279. The van der Waals surface area contributed by atoms with Gasteiger partial charge in [0.15, 0.2) is 0 Å². The van der Waals surface area contributed by atoms with Gasteiger partial charge in [-0.3, -0.25) is 4.79 Å². The molecule has 0 aliphatic carbocycles. The van der Waals surface area contributed by atoms with E-state index < -0.39 is 0 Å². The van der Waals surface area contributed by atoms with E-state index in [2.05, 4.69) is 15.9 Å². The molecule has 1 aliphatic heterocycles. The van der Waals surface area contributed by atoms with Crippen LogP contribution in [0.2, 0.25) is 0 Å². The number of nitriles is 3. The van der Waals surface area contributed by atoms with Crippen molar-refractivity contribution in [1.29, 1.82) is 15.8 Å². The first-order valence-electron chi connectivity index (χ1n) is 4.94. The fourth-order valence-corrected chi connectivity index (χ4v) is 2.13. The number of allylic oxidation sites excluding steroid dienone is 2. The van der Waals surface area contributed by atoms with Crippen molar-refractivity contribution < 1.29 is 4.79 Å². The molecule has 0 spiro atoms. The molecule has 0 radical (unpaired) electrons. The van der Waals surface area contributed by atoms with Gasteiger partial charge in [0, 0.05) is 18.3 Å². The summed E-state index contributed by atoms with van der Waals surface area (Å²) < 4.78 is 0. The van der Waals surface area contributed by atoms with E-state index in [0.717, 1.165) is 0 Å². The summed E-state index contributed by atoms with van der Waals surface area (Å²) in [6.45, 7) is 0.452. The lowest BCUT2D eigenvalue weighted by Gasteiger charge is -2.18. The maximum Gasteiger partial charge on any atom is 0.227 e. The number of hydrogen-bond donors (Lipinski definition) is 0. The number of rotatable bonds is 3. The Morgan fingerprint density at radius 2 is 2.06 bits per heavy atom. The summed E-state index contributed by atoms with van der Waals surface area (Å²) in [5.74, 6) is 0.0255. The summed E-state index contributed by atoms with van der Waals surface area (Å²) in [5, 5.41) is 27.0. The van der Waals surface area contributed by atoms with E-state index in [-0.39, 0.29) is 29.5 Å². The summed E-state index contributed by atoms with van der Waals surface area (Å²) in [7, 11) is 0. The van der Waals surface area contributed by atoms with Crippen molar-refractivity contribution in [3.8, 4) is 18.2 Å². The van der Waals surface area contributed by atoms with Crippen molar-refractivity contribution >= 4 is 21.8 Å².